The Balaban J connectivity index is 1.77. The zero-order valence-corrected chi connectivity index (χ0v) is 15.2. The van der Waals surface area contributed by atoms with E-state index in [1.807, 2.05) is 17.6 Å². The van der Waals surface area contributed by atoms with Crippen molar-refractivity contribution < 1.29 is 18.7 Å². The van der Waals surface area contributed by atoms with Gasteiger partial charge in [0.15, 0.2) is 16.7 Å². The van der Waals surface area contributed by atoms with Gasteiger partial charge in [0.05, 0.1) is 18.6 Å². The van der Waals surface area contributed by atoms with Gasteiger partial charge >= 0.3 is 5.97 Å². The summed E-state index contributed by atoms with van der Waals surface area (Å²) < 4.78 is 12.1. The lowest BCUT2D eigenvalue weighted by molar-refractivity contribution is -0.143. The summed E-state index contributed by atoms with van der Waals surface area (Å²) >= 11 is 1.31. The Hall–Kier alpha value is -2.29. The summed E-state index contributed by atoms with van der Waals surface area (Å²) in [6.07, 6.45) is 2.45. The van der Waals surface area contributed by atoms with Gasteiger partial charge in [-0.2, -0.15) is 0 Å². The van der Waals surface area contributed by atoms with Crippen LogP contribution in [-0.2, 0) is 20.9 Å². The van der Waals surface area contributed by atoms with Crippen molar-refractivity contribution in [1.82, 2.24) is 20.1 Å². The Bertz CT molecular complexity index is 684. The van der Waals surface area contributed by atoms with Crippen molar-refractivity contribution in [2.24, 2.45) is 0 Å². The molecule has 136 valence electrons. The lowest BCUT2D eigenvalue weighted by Crippen LogP contribution is -2.26. The molecule has 8 nitrogen and oxygen atoms in total. The highest BCUT2D eigenvalue weighted by atomic mass is 32.2. The second kappa shape index (κ2) is 9.87. The lowest BCUT2D eigenvalue weighted by atomic mass is 10.3. The van der Waals surface area contributed by atoms with Crippen LogP contribution >= 0.6 is 11.8 Å². The Kier molecular flexibility index (Phi) is 7.52. The van der Waals surface area contributed by atoms with Crippen LogP contribution in [0.5, 0.6) is 0 Å². The van der Waals surface area contributed by atoms with E-state index in [1.165, 1.54) is 11.8 Å². The number of aromatic nitrogens is 3. The number of furan rings is 1. The maximum Gasteiger partial charge on any atom is 0.305 e. The molecule has 2 aromatic rings. The van der Waals surface area contributed by atoms with Crippen LogP contribution < -0.4 is 5.32 Å². The summed E-state index contributed by atoms with van der Waals surface area (Å²) in [7, 11) is 0. The van der Waals surface area contributed by atoms with E-state index in [-0.39, 0.29) is 17.6 Å². The largest absolute Gasteiger partial charge is 0.466 e. The van der Waals surface area contributed by atoms with E-state index in [0.29, 0.717) is 49.3 Å². The van der Waals surface area contributed by atoms with Crippen LogP contribution in [0, 0.1) is 0 Å². The zero-order chi connectivity index (χ0) is 18.1. The molecule has 0 unspecified atom stereocenters. The molecule has 0 atom stereocenters. The van der Waals surface area contributed by atoms with Gasteiger partial charge in [-0.1, -0.05) is 11.8 Å². The van der Waals surface area contributed by atoms with Gasteiger partial charge in [0, 0.05) is 19.5 Å². The van der Waals surface area contributed by atoms with Gasteiger partial charge < -0.3 is 14.5 Å². The monoisotopic (exact) mass is 366 g/mol. The van der Waals surface area contributed by atoms with E-state index in [4.69, 9.17) is 9.15 Å². The minimum absolute atomic E-state index is 0.112. The first-order chi connectivity index (χ1) is 12.2. The first-order valence-corrected chi connectivity index (χ1v) is 9.16. The van der Waals surface area contributed by atoms with Crippen LogP contribution in [0.2, 0.25) is 0 Å². The number of carbonyl (C=O) groups excluding carboxylic acids is 2. The first-order valence-electron chi connectivity index (χ1n) is 8.17. The van der Waals surface area contributed by atoms with Crippen LogP contribution in [-0.4, -0.2) is 45.5 Å². The van der Waals surface area contributed by atoms with Crippen molar-refractivity contribution >= 4 is 23.6 Å². The van der Waals surface area contributed by atoms with E-state index in [1.54, 1.807) is 19.3 Å². The normalized spacial score (nSPS) is 10.6. The minimum Gasteiger partial charge on any atom is -0.466 e. The number of rotatable bonds is 10. The van der Waals surface area contributed by atoms with Crippen molar-refractivity contribution in [2.45, 2.75) is 38.4 Å². The molecule has 1 amide bonds. The maximum absolute atomic E-state index is 11.9. The average molecular weight is 366 g/mol. The van der Waals surface area contributed by atoms with Gasteiger partial charge in [0.25, 0.3) is 0 Å². The Morgan fingerprint density at radius 1 is 1.36 bits per heavy atom. The fraction of sp³-hybridized carbons (Fsp3) is 0.500. The number of ether oxygens (including phenoxy) is 1. The second-order valence-electron chi connectivity index (χ2n) is 5.07. The highest BCUT2D eigenvalue weighted by Gasteiger charge is 2.16. The highest BCUT2D eigenvalue weighted by Crippen LogP contribution is 2.23. The number of thioether (sulfide) groups is 1. The second-order valence-corrected chi connectivity index (χ2v) is 6.02. The quantitative estimate of drug-likeness (QED) is 0.390. The molecule has 25 heavy (non-hydrogen) atoms. The van der Waals surface area contributed by atoms with E-state index < -0.39 is 0 Å². The predicted molar refractivity (Wildman–Crippen MR) is 93.0 cm³/mol. The fourth-order valence-corrected chi connectivity index (χ4v) is 2.98. The van der Waals surface area contributed by atoms with Crippen LogP contribution in [0.25, 0.3) is 11.6 Å². The fourth-order valence-electron chi connectivity index (χ4n) is 2.14. The summed E-state index contributed by atoms with van der Waals surface area (Å²) in [5.74, 6) is 1.16. The molecule has 0 aliphatic heterocycles. The molecule has 0 bridgehead atoms. The van der Waals surface area contributed by atoms with Gasteiger partial charge in [-0.15, -0.1) is 10.2 Å². The molecule has 2 heterocycles. The number of hydrogen-bond donors (Lipinski definition) is 1. The molecule has 1 N–H and O–H groups in total. The Morgan fingerprint density at radius 3 is 2.88 bits per heavy atom. The number of amides is 1. The summed E-state index contributed by atoms with van der Waals surface area (Å²) in [5, 5.41) is 11.7. The molecule has 0 saturated heterocycles. The van der Waals surface area contributed by atoms with Crippen LogP contribution in [0.4, 0.5) is 0 Å². The standard InChI is InChI=1S/C16H22N4O4S/c1-3-20-15(12-7-6-10-24-12)18-19-16(20)25-11-13(21)17-9-5-8-14(22)23-4-2/h6-7,10H,3-5,8-9,11H2,1-2H3,(H,17,21). The van der Waals surface area contributed by atoms with Crippen molar-refractivity contribution in [3.63, 3.8) is 0 Å². The van der Waals surface area contributed by atoms with E-state index in [2.05, 4.69) is 15.5 Å². The molecule has 0 spiro atoms. The van der Waals surface area contributed by atoms with Gasteiger partial charge in [-0.3, -0.25) is 14.2 Å². The maximum atomic E-state index is 11.9. The summed E-state index contributed by atoms with van der Waals surface area (Å²) in [5.41, 5.74) is 0. The van der Waals surface area contributed by atoms with Crippen LogP contribution in [0.3, 0.4) is 0 Å². The van der Waals surface area contributed by atoms with Gasteiger partial charge in [-0.25, -0.2) is 0 Å². The molecule has 2 rings (SSSR count). The number of carbonyl (C=O) groups is 2. The first kappa shape index (κ1) is 19.0. The topological polar surface area (TPSA) is 99.2 Å². The minimum atomic E-state index is -0.243. The molecule has 0 saturated carbocycles. The average Bonchev–Trinajstić information content (AvgIpc) is 3.25. The van der Waals surface area contributed by atoms with E-state index >= 15 is 0 Å². The van der Waals surface area contributed by atoms with Gasteiger partial charge in [0.2, 0.25) is 5.91 Å². The number of hydrogen-bond acceptors (Lipinski definition) is 7. The predicted octanol–water partition coefficient (Wildman–Crippen LogP) is 2.11. The third kappa shape index (κ3) is 5.63. The molecule has 0 aliphatic rings. The van der Waals surface area contributed by atoms with Gasteiger partial charge in [0.1, 0.15) is 0 Å². The van der Waals surface area contributed by atoms with Gasteiger partial charge in [-0.05, 0) is 32.4 Å². The smallest absolute Gasteiger partial charge is 0.305 e. The highest BCUT2D eigenvalue weighted by molar-refractivity contribution is 7.99. The molecule has 9 heteroatoms. The number of nitrogens with one attached hydrogen (secondary N) is 1. The Labute approximate surface area is 150 Å². The lowest BCUT2D eigenvalue weighted by Gasteiger charge is -2.07. The van der Waals surface area contributed by atoms with Crippen molar-refractivity contribution in [3.8, 4) is 11.6 Å². The number of nitrogens with zero attached hydrogens (tertiary/aromatic N) is 3. The third-order valence-electron chi connectivity index (χ3n) is 3.29. The molecule has 0 aliphatic carbocycles. The zero-order valence-electron chi connectivity index (χ0n) is 14.4. The molecular formula is C16H22N4O4S. The molecular weight excluding hydrogens is 344 g/mol. The van der Waals surface area contributed by atoms with E-state index in [9.17, 15) is 9.59 Å². The van der Waals surface area contributed by atoms with Crippen molar-refractivity contribution in [3.05, 3.63) is 18.4 Å². The van der Waals surface area contributed by atoms with Crippen molar-refractivity contribution in [2.75, 3.05) is 18.9 Å². The van der Waals surface area contributed by atoms with Crippen molar-refractivity contribution in [1.29, 1.82) is 0 Å². The van der Waals surface area contributed by atoms with Crippen LogP contribution in [0.1, 0.15) is 26.7 Å². The molecule has 0 aromatic carbocycles. The van der Waals surface area contributed by atoms with Crippen LogP contribution in [0.15, 0.2) is 28.0 Å². The summed E-state index contributed by atoms with van der Waals surface area (Å²) in [6, 6.07) is 3.61. The number of esters is 1. The Morgan fingerprint density at radius 2 is 2.20 bits per heavy atom. The summed E-state index contributed by atoms with van der Waals surface area (Å²) in [6.45, 7) is 5.24. The molecule has 0 fully saturated rings. The SMILES string of the molecule is CCOC(=O)CCCNC(=O)CSc1nnc(-c2ccco2)n1CC. The van der Waals surface area contributed by atoms with E-state index in [0.717, 1.165) is 0 Å². The molecule has 2 aromatic heterocycles. The molecule has 0 radical (unpaired) electrons. The summed E-state index contributed by atoms with van der Waals surface area (Å²) in [4.78, 5) is 23.1. The third-order valence-corrected chi connectivity index (χ3v) is 4.26.